The molecule has 0 unspecified atom stereocenters. The first kappa shape index (κ1) is 15.3. The van der Waals surface area contributed by atoms with Crippen LogP contribution in [0.3, 0.4) is 0 Å². The topological polar surface area (TPSA) is 91.0 Å². The van der Waals surface area contributed by atoms with E-state index in [1.54, 1.807) is 30.3 Å². The Morgan fingerprint density at radius 3 is 2.41 bits per heavy atom. The van der Waals surface area contributed by atoms with Crippen LogP contribution in [0.5, 0.6) is 0 Å². The maximum atomic E-state index is 13.4. The normalized spacial score (nSPS) is 9.82. The van der Waals surface area contributed by atoms with E-state index in [1.807, 2.05) is 0 Å². The van der Waals surface area contributed by atoms with Crippen molar-refractivity contribution in [2.75, 3.05) is 23.7 Å². The average Bonchev–Trinajstić information content (AvgIpc) is 2.52. The molecule has 0 aliphatic rings. The van der Waals surface area contributed by atoms with Crippen LogP contribution in [0.25, 0.3) is 0 Å². The molecule has 2 rings (SSSR count). The van der Waals surface area contributed by atoms with Crippen molar-refractivity contribution in [3.05, 3.63) is 64.0 Å². The van der Waals surface area contributed by atoms with E-state index < -0.39 is 10.7 Å². The third-order valence-electron chi connectivity index (χ3n) is 2.98. The van der Waals surface area contributed by atoms with Crippen molar-refractivity contribution >= 4 is 17.1 Å². The SMILES string of the molecule is N#Cc1c(F)cccc1NCCNc1ccccc1[N+](=O)[O-]. The molecule has 0 amide bonds. The summed E-state index contributed by atoms with van der Waals surface area (Å²) in [5.41, 5.74) is 0.750. The fourth-order valence-electron chi connectivity index (χ4n) is 1.96. The van der Waals surface area contributed by atoms with Crippen LogP contribution >= 0.6 is 0 Å². The van der Waals surface area contributed by atoms with Crippen molar-refractivity contribution in [3.63, 3.8) is 0 Å². The monoisotopic (exact) mass is 300 g/mol. The zero-order valence-electron chi connectivity index (χ0n) is 11.5. The molecule has 6 nitrogen and oxygen atoms in total. The Morgan fingerprint density at radius 1 is 1.09 bits per heavy atom. The Balaban J connectivity index is 1.95. The van der Waals surface area contributed by atoms with E-state index in [4.69, 9.17) is 5.26 Å². The molecule has 0 bridgehead atoms. The molecule has 0 saturated carbocycles. The van der Waals surface area contributed by atoms with Crippen LogP contribution in [0.1, 0.15) is 5.56 Å². The second-order valence-corrected chi connectivity index (χ2v) is 4.40. The first-order valence-corrected chi connectivity index (χ1v) is 6.53. The van der Waals surface area contributed by atoms with Crippen molar-refractivity contribution in [2.45, 2.75) is 0 Å². The van der Waals surface area contributed by atoms with E-state index in [0.717, 1.165) is 0 Å². The first-order chi connectivity index (χ1) is 10.6. The number of nitro benzene ring substituents is 1. The van der Waals surface area contributed by atoms with E-state index in [9.17, 15) is 14.5 Å². The summed E-state index contributed by atoms with van der Waals surface area (Å²) in [6, 6.07) is 12.4. The molecule has 0 radical (unpaired) electrons. The summed E-state index contributed by atoms with van der Waals surface area (Å²) in [7, 11) is 0. The van der Waals surface area contributed by atoms with Crippen molar-refractivity contribution in [1.82, 2.24) is 0 Å². The third-order valence-corrected chi connectivity index (χ3v) is 2.98. The smallest absolute Gasteiger partial charge is 0.292 e. The van der Waals surface area contributed by atoms with Gasteiger partial charge in [0.15, 0.2) is 0 Å². The van der Waals surface area contributed by atoms with Gasteiger partial charge in [-0.25, -0.2) is 4.39 Å². The fourth-order valence-corrected chi connectivity index (χ4v) is 1.96. The van der Waals surface area contributed by atoms with E-state index in [-0.39, 0.29) is 11.3 Å². The van der Waals surface area contributed by atoms with Gasteiger partial charge in [0.05, 0.1) is 10.6 Å². The van der Waals surface area contributed by atoms with Crippen molar-refractivity contribution in [3.8, 4) is 6.07 Å². The van der Waals surface area contributed by atoms with E-state index >= 15 is 0 Å². The molecule has 2 aromatic carbocycles. The highest BCUT2D eigenvalue weighted by molar-refractivity contribution is 5.61. The Kier molecular flexibility index (Phi) is 4.88. The van der Waals surface area contributed by atoms with Gasteiger partial charge in [0.2, 0.25) is 0 Å². The molecule has 0 aliphatic heterocycles. The molecule has 0 aromatic heterocycles. The predicted octanol–water partition coefficient (Wildman–Crippen LogP) is 3.13. The van der Waals surface area contributed by atoms with Gasteiger partial charge in [0.25, 0.3) is 5.69 Å². The summed E-state index contributed by atoms with van der Waals surface area (Å²) in [6.45, 7) is 0.760. The summed E-state index contributed by atoms with van der Waals surface area (Å²) in [5.74, 6) is -0.584. The summed E-state index contributed by atoms with van der Waals surface area (Å²) >= 11 is 0. The molecule has 0 saturated heterocycles. The van der Waals surface area contributed by atoms with Crippen LogP contribution in [0.15, 0.2) is 42.5 Å². The zero-order chi connectivity index (χ0) is 15.9. The van der Waals surface area contributed by atoms with Gasteiger partial charge in [-0.2, -0.15) is 5.26 Å². The Labute approximate surface area is 126 Å². The number of nitrogens with zero attached hydrogens (tertiary/aromatic N) is 2. The average molecular weight is 300 g/mol. The largest absolute Gasteiger partial charge is 0.382 e. The molecule has 2 N–H and O–H groups in total. The molecule has 0 atom stereocenters. The molecule has 0 spiro atoms. The van der Waals surface area contributed by atoms with Gasteiger partial charge in [-0.1, -0.05) is 18.2 Å². The van der Waals surface area contributed by atoms with Gasteiger partial charge in [0, 0.05) is 19.2 Å². The number of rotatable bonds is 6. The predicted molar refractivity (Wildman–Crippen MR) is 81.2 cm³/mol. The standard InChI is InChI=1S/C15H13FN4O2/c16-12-4-3-6-13(11(12)10-17)18-8-9-19-14-5-1-2-7-15(14)20(21)22/h1-7,18-19H,8-9H2. The molecular weight excluding hydrogens is 287 g/mol. The lowest BCUT2D eigenvalue weighted by Crippen LogP contribution is -2.15. The number of nitrogens with one attached hydrogen (secondary N) is 2. The fraction of sp³-hybridized carbons (Fsp3) is 0.133. The molecule has 0 aliphatic carbocycles. The summed E-state index contributed by atoms with van der Waals surface area (Å²) in [4.78, 5) is 10.4. The lowest BCUT2D eigenvalue weighted by molar-refractivity contribution is -0.384. The number of nitriles is 1. The number of halogens is 1. The van der Waals surface area contributed by atoms with Gasteiger partial charge in [-0.3, -0.25) is 10.1 Å². The van der Waals surface area contributed by atoms with Crippen molar-refractivity contribution in [1.29, 1.82) is 5.26 Å². The molecule has 7 heteroatoms. The highest BCUT2D eigenvalue weighted by atomic mass is 19.1. The molecule has 22 heavy (non-hydrogen) atoms. The van der Waals surface area contributed by atoms with Gasteiger partial charge >= 0.3 is 0 Å². The van der Waals surface area contributed by atoms with Crippen LogP contribution in [-0.4, -0.2) is 18.0 Å². The maximum absolute atomic E-state index is 13.4. The Bertz CT molecular complexity index is 728. The number of nitro groups is 1. The lowest BCUT2D eigenvalue weighted by atomic mass is 10.2. The molecule has 2 aromatic rings. The van der Waals surface area contributed by atoms with Crippen LogP contribution in [0.4, 0.5) is 21.5 Å². The van der Waals surface area contributed by atoms with Crippen molar-refractivity contribution in [2.24, 2.45) is 0 Å². The second kappa shape index (κ2) is 7.04. The molecular formula is C15H13FN4O2. The number of benzene rings is 2. The summed E-state index contributed by atoms with van der Waals surface area (Å²) < 4.78 is 13.4. The molecule has 112 valence electrons. The minimum atomic E-state index is -0.584. The minimum absolute atomic E-state index is 0.00836. The van der Waals surface area contributed by atoms with E-state index in [1.165, 1.54) is 18.2 Å². The van der Waals surface area contributed by atoms with Gasteiger partial charge in [-0.05, 0) is 18.2 Å². The van der Waals surface area contributed by atoms with Crippen LogP contribution in [-0.2, 0) is 0 Å². The number of hydrogen-bond donors (Lipinski definition) is 2. The highest BCUT2D eigenvalue weighted by Gasteiger charge is 2.11. The van der Waals surface area contributed by atoms with Gasteiger partial charge in [-0.15, -0.1) is 0 Å². The summed E-state index contributed by atoms with van der Waals surface area (Å²) in [6.07, 6.45) is 0. The van der Waals surface area contributed by atoms with Crippen LogP contribution in [0, 0.1) is 27.3 Å². The number of para-hydroxylation sites is 2. The summed E-state index contributed by atoms with van der Waals surface area (Å²) in [5, 5.41) is 25.6. The Hall–Kier alpha value is -3.14. The van der Waals surface area contributed by atoms with Gasteiger partial charge < -0.3 is 10.6 Å². The van der Waals surface area contributed by atoms with E-state index in [0.29, 0.717) is 24.5 Å². The first-order valence-electron chi connectivity index (χ1n) is 6.53. The third kappa shape index (κ3) is 3.49. The second-order valence-electron chi connectivity index (χ2n) is 4.40. The molecule has 0 heterocycles. The quantitative estimate of drug-likeness (QED) is 0.486. The maximum Gasteiger partial charge on any atom is 0.292 e. The zero-order valence-corrected chi connectivity index (χ0v) is 11.5. The van der Waals surface area contributed by atoms with Crippen molar-refractivity contribution < 1.29 is 9.31 Å². The number of hydrogen-bond acceptors (Lipinski definition) is 5. The number of anilines is 2. The highest BCUT2D eigenvalue weighted by Crippen LogP contribution is 2.23. The van der Waals surface area contributed by atoms with Gasteiger partial charge in [0.1, 0.15) is 23.1 Å². The van der Waals surface area contributed by atoms with Crippen LogP contribution in [0.2, 0.25) is 0 Å². The van der Waals surface area contributed by atoms with E-state index in [2.05, 4.69) is 10.6 Å². The Morgan fingerprint density at radius 2 is 1.73 bits per heavy atom. The minimum Gasteiger partial charge on any atom is -0.382 e. The molecule has 0 fully saturated rings. The van der Waals surface area contributed by atoms with Crippen LogP contribution < -0.4 is 10.6 Å². The lowest BCUT2D eigenvalue weighted by Gasteiger charge is -2.10.